The van der Waals surface area contributed by atoms with Gasteiger partial charge in [0.15, 0.2) is 0 Å². The summed E-state index contributed by atoms with van der Waals surface area (Å²) in [6, 6.07) is 17.1. The van der Waals surface area contributed by atoms with Gasteiger partial charge in [-0.2, -0.15) is 0 Å². The molecule has 1 aliphatic rings. The largest absolute Gasteiger partial charge is 0.352 e. The van der Waals surface area contributed by atoms with E-state index in [1.165, 1.54) is 23.9 Å². The lowest BCUT2D eigenvalue weighted by atomic mass is 10.1. The standard InChI is InChI=1S/C23H22N4O4S2/c24-33(30,31)19-9-5-16(6-10-19)11-13-25-22(29)18-7-3-17(4-8-18)14-27-20-2-1-12-26-23(20)32-15-21(27)28/h1-10,12H,11,13-15H2,(H,25,29)(H2,24,30,31). The van der Waals surface area contributed by atoms with Gasteiger partial charge in [0, 0.05) is 18.3 Å². The minimum Gasteiger partial charge on any atom is -0.352 e. The summed E-state index contributed by atoms with van der Waals surface area (Å²) in [5, 5.41) is 8.79. The summed E-state index contributed by atoms with van der Waals surface area (Å²) < 4.78 is 22.6. The Kier molecular flexibility index (Phi) is 6.77. The van der Waals surface area contributed by atoms with E-state index in [0.717, 1.165) is 21.8 Å². The number of aromatic nitrogens is 1. The summed E-state index contributed by atoms with van der Waals surface area (Å²) in [4.78, 5) is 31.0. The summed E-state index contributed by atoms with van der Waals surface area (Å²) in [7, 11) is -3.72. The van der Waals surface area contributed by atoms with Crippen LogP contribution < -0.4 is 15.4 Å². The van der Waals surface area contributed by atoms with E-state index in [1.54, 1.807) is 35.4 Å². The van der Waals surface area contributed by atoms with Gasteiger partial charge in [-0.25, -0.2) is 18.5 Å². The Morgan fingerprint density at radius 2 is 1.76 bits per heavy atom. The summed E-state index contributed by atoms with van der Waals surface area (Å²) in [5.41, 5.74) is 3.12. The average Bonchev–Trinajstić information content (AvgIpc) is 2.81. The molecule has 2 amide bonds. The van der Waals surface area contributed by atoms with Gasteiger partial charge in [0.25, 0.3) is 5.91 Å². The minimum absolute atomic E-state index is 0.0272. The van der Waals surface area contributed by atoms with Gasteiger partial charge in [0.05, 0.1) is 22.9 Å². The number of fused-ring (bicyclic) bond motifs is 1. The SMILES string of the molecule is NS(=O)(=O)c1ccc(CCNC(=O)c2ccc(CN3C(=O)CSc4ncccc43)cc2)cc1. The third kappa shape index (κ3) is 5.59. The molecule has 0 radical (unpaired) electrons. The molecule has 0 unspecified atom stereocenters. The second-order valence-corrected chi connectivity index (χ2v) is 10.0. The van der Waals surface area contributed by atoms with E-state index in [-0.39, 0.29) is 16.7 Å². The van der Waals surface area contributed by atoms with Crippen LogP contribution in [0.4, 0.5) is 5.69 Å². The third-order valence-corrected chi connectivity index (χ3v) is 7.09. The van der Waals surface area contributed by atoms with Crippen molar-refractivity contribution in [2.24, 2.45) is 5.14 Å². The molecule has 1 aliphatic heterocycles. The number of pyridine rings is 1. The summed E-state index contributed by atoms with van der Waals surface area (Å²) in [6.45, 7) is 0.813. The number of benzene rings is 2. The first-order chi connectivity index (χ1) is 15.8. The van der Waals surface area contributed by atoms with Crippen LogP contribution in [0.15, 0.2) is 76.8 Å². The normalized spacial score (nSPS) is 13.5. The van der Waals surface area contributed by atoms with E-state index in [2.05, 4.69) is 10.3 Å². The predicted molar refractivity (Wildman–Crippen MR) is 126 cm³/mol. The zero-order valence-corrected chi connectivity index (χ0v) is 19.2. The quantitative estimate of drug-likeness (QED) is 0.533. The summed E-state index contributed by atoms with van der Waals surface area (Å²) in [5.74, 6) is 0.178. The number of rotatable bonds is 7. The highest BCUT2D eigenvalue weighted by Crippen LogP contribution is 2.34. The van der Waals surface area contributed by atoms with E-state index < -0.39 is 10.0 Å². The molecule has 3 N–H and O–H groups in total. The first kappa shape index (κ1) is 23.0. The third-order valence-electron chi connectivity index (χ3n) is 5.18. The Morgan fingerprint density at radius 3 is 2.45 bits per heavy atom. The lowest BCUT2D eigenvalue weighted by Crippen LogP contribution is -2.35. The van der Waals surface area contributed by atoms with Crippen molar-refractivity contribution in [2.45, 2.75) is 22.9 Å². The number of nitrogens with one attached hydrogen (secondary N) is 1. The number of hydrogen-bond donors (Lipinski definition) is 2. The molecule has 0 saturated heterocycles. The van der Waals surface area contributed by atoms with Crippen molar-refractivity contribution in [3.8, 4) is 0 Å². The molecule has 8 nitrogen and oxygen atoms in total. The molecule has 1 aromatic heterocycles. The highest BCUT2D eigenvalue weighted by molar-refractivity contribution is 8.00. The maximum absolute atomic E-state index is 12.5. The van der Waals surface area contributed by atoms with Gasteiger partial charge in [-0.15, -0.1) is 0 Å². The molecule has 0 bridgehead atoms. The molecule has 0 spiro atoms. The number of carbonyl (C=O) groups is 2. The van der Waals surface area contributed by atoms with Gasteiger partial charge in [-0.1, -0.05) is 36.0 Å². The van der Waals surface area contributed by atoms with E-state index in [0.29, 0.717) is 30.8 Å². The molecule has 2 heterocycles. The molecule has 33 heavy (non-hydrogen) atoms. The topological polar surface area (TPSA) is 122 Å². The number of thioether (sulfide) groups is 1. The Hall–Kier alpha value is -3.21. The fourth-order valence-electron chi connectivity index (χ4n) is 3.43. The minimum atomic E-state index is -3.72. The average molecular weight is 483 g/mol. The molecular formula is C23H22N4O4S2. The number of anilines is 1. The van der Waals surface area contributed by atoms with Crippen LogP contribution in [0.3, 0.4) is 0 Å². The molecule has 0 atom stereocenters. The van der Waals surface area contributed by atoms with Crippen molar-refractivity contribution in [2.75, 3.05) is 17.2 Å². The maximum Gasteiger partial charge on any atom is 0.251 e. The van der Waals surface area contributed by atoms with E-state index in [9.17, 15) is 18.0 Å². The van der Waals surface area contributed by atoms with Crippen molar-refractivity contribution < 1.29 is 18.0 Å². The van der Waals surface area contributed by atoms with Crippen LogP contribution >= 0.6 is 11.8 Å². The number of amides is 2. The lowest BCUT2D eigenvalue weighted by molar-refractivity contribution is -0.116. The molecule has 0 fully saturated rings. The van der Waals surface area contributed by atoms with Gasteiger partial charge in [0.2, 0.25) is 15.9 Å². The molecule has 170 valence electrons. The van der Waals surface area contributed by atoms with Crippen LogP contribution in [0.1, 0.15) is 21.5 Å². The van der Waals surface area contributed by atoms with Crippen LogP contribution in [0.2, 0.25) is 0 Å². The van der Waals surface area contributed by atoms with Gasteiger partial charge in [-0.05, 0) is 53.9 Å². The van der Waals surface area contributed by atoms with E-state index in [1.807, 2.05) is 24.3 Å². The summed E-state index contributed by atoms with van der Waals surface area (Å²) >= 11 is 1.44. The number of primary sulfonamides is 1. The predicted octanol–water partition coefficient (Wildman–Crippen LogP) is 2.34. The smallest absolute Gasteiger partial charge is 0.251 e. The fraction of sp³-hybridized carbons (Fsp3) is 0.174. The van der Waals surface area contributed by atoms with E-state index in [4.69, 9.17) is 5.14 Å². The second-order valence-electron chi connectivity index (χ2n) is 7.49. The van der Waals surface area contributed by atoms with Gasteiger partial charge in [0.1, 0.15) is 5.03 Å². The molecular weight excluding hydrogens is 460 g/mol. The second kappa shape index (κ2) is 9.74. The van der Waals surface area contributed by atoms with Gasteiger partial charge in [-0.3, -0.25) is 9.59 Å². The molecule has 2 aromatic carbocycles. The maximum atomic E-state index is 12.5. The van der Waals surface area contributed by atoms with Gasteiger partial charge < -0.3 is 10.2 Å². The van der Waals surface area contributed by atoms with Crippen molar-refractivity contribution in [1.82, 2.24) is 10.3 Å². The van der Waals surface area contributed by atoms with Crippen LogP contribution in [-0.4, -0.2) is 37.5 Å². The van der Waals surface area contributed by atoms with Gasteiger partial charge >= 0.3 is 0 Å². The van der Waals surface area contributed by atoms with Crippen LogP contribution in [-0.2, 0) is 27.8 Å². The number of nitrogens with two attached hydrogens (primary N) is 1. The molecule has 10 heteroatoms. The highest BCUT2D eigenvalue weighted by Gasteiger charge is 2.25. The van der Waals surface area contributed by atoms with E-state index >= 15 is 0 Å². The first-order valence-electron chi connectivity index (χ1n) is 10.2. The van der Waals surface area contributed by atoms with Crippen molar-refractivity contribution in [3.63, 3.8) is 0 Å². The van der Waals surface area contributed by atoms with Crippen LogP contribution in [0.25, 0.3) is 0 Å². The fourth-order valence-corrected chi connectivity index (χ4v) is 4.82. The number of carbonyl (C=O) groups excluding carboxylic acids is 2. The molecule has 0 aliphatic carbocycles. The number of nitrogens with zero attached hydrogens (tertiary/aromatic N) is 2. The monoisotopic (exact) mass is 482 g/mol. The summed E-state index contributed by atoms with van der Waals surface area (Å²) in [6.07, 6.45) is 2.27. The Balaban J connectivity index is 1.33. The molecule has 0 saturated carbocycles. The van der Waals surface area contributed by atoms with Crippen molar-refractivity contribution in [3.05, 3.63) is 83.6 Å². The Labute approximate surface area is 196 Å². The number of hydrogen-bond acceptors (Lipinski definition) is 6. The van der Waals surface area contributed by atoms with Crippen molar-refractivity contribution >= 4 is 39.3 Å². The lowest BCUT2D eigenvalue weighted by Gasteiger charge is -2.28. The zero-order chi connectivity index (χ0) is 23.4. The molecule has 3 aromatic rings. The Bertz CT molecular complexity index is 1280. The highest BCUT2D eigenvalue weighted by atomic mass is 32.2. The van der Waals surface area contributed by atoms with Crippen LogP contribution in [0, 0.1) is 0 Å². The van der Waals surface area contributed by atoms with Crippen LogP contribution in [0.5, 0.6) is 0 Å². The first-order valence-corrected chi connectivity index (χ1v) is 12.7. The Morgan fingerprint density at radius 1 is 1.06 bits per heavy atom. The zero-order valence-electron chi connectivity index (χ0n) is 17.6. The molecule has 4 rings (SSSR count). The number of sulfonamides is 1. The van der Waals surface area contributed by atoms with Crippen molar-refractivity contribution in [1.29, 1.82) is 0 Å².